The minimum Gasteiger partial charge on any atom is -0.479 e. The summed E-state index contributed by atoms with van der Waals surface area (Å²) < 4.78 is 10.8. The molecule has 1 aromatic rings. The molecule has 1 aromatic carbocycles. The molecule has 0 radical (unpaired) electrons. The average molecular weight is 284 g/mol. The molecule has 0 saturated heterocycles. The molecule has 3 N–H and O–H groups in total. The molecule has 19 heavy (non-hydrogen) atoms. The van der Waals surface area contributed by atoms with Gasteiger partial charge in [0.15, 0.2) is 6.04 Å². The molecule has 2 atom stereocenters. The van der Waals surface area contributed by atoms with Crippen molar-refractivity contribution in [1.29, 1.82) is 0 Å². The van der Waals surface area contributed by atoms with E-state index < -0.39 is 28.8 Å². The summed E-state index contributed by atoms with van der Waals surface area (Å²) in [5.74, 6) is -0.809. The Bertz CT molecular complexity index is 464. The zero-order valence-corrected chi connectivity index (χ0v) is 11.3. The van der Waals surface area contributed by atoms with Crippen molar-refractivity contribution in [3.63, 3.8) is 0 Å². The zero-order valence-electron chi connectivity index (χ0n) is 10.5. The number of nitrogens with one attached hydrogen (secondary N) is 2. The Labute approximate surface area is 113 Å². The molecule has 0 bridgehead atoms. The molecular formula is C12H16N2O4S. The highest BCUT2D eigenvalue weighted by molar-refractivity contribution is 7.84. The van der Waals surface area contributed by atoms with Crippen molar-refractivity contribution in [3.05, 3.63) is 35.9 Å². The molecular weight excluding hydrogens is 268 g/mol. The summed E-state index contributed by atoms with van der Waals surface area (Å²) in [4.78, 5) is 22.7. The van der Waals surface area contributed by atoms with Crippen molar-refractivity contribution in [2.24, 2.45) is 0 Å². The maximum Gasteiger partial charge on any atom is 0.330 e. The van der Waals surface area contributed by atoms with Crippen LogP contribution in [0.5, 0.6) is 0 Å². The van der Waals surface area contributed by atoms with Crippen LogP contribution >= 0.6 is 0 Å². The van der Waals surface area contributed by atoms with Crippen LogP contribution in [-0.4, -0.2) is 39.9 Å². The maximum atomic E-state index is 11.5. The fraction of sp³-hybridized carbons (Fsp3) is 0.333. The van der Waals surface area contributed by atoms with E-state index in [-0.39, 0.29) is 6.54 Å². The Morgan fingerprint density at radius 3 is 2.47 bits per heavy atom. The first-order valence-electron chi connectivity index (χ1n) is 5.63. The smallest absolute Gasteiger partial charge is 0.330 e. The molecule has 0 saturated carbocycles. The quantitative estimate of drug-likeness (QED) is 0.708. The number of amides is 2. The molecule has 7 heteroatoms. The van der Waals surface area contributed by atoms with Crippen molar-refractivity contribution < 1.29 is 18.9 Å². The Balaban J connectivity index is 2.57. The number of carboxylic acids is 1. The van der Waals surface area contributed by atoms with E-state index in [1.807, 2.05) is 0 Å². The number of hydrogen-bond donors (Lipinski definition) is 3. The van der Waals surface area contributed by atoms with Crippen LogP contribution in [0.3, 0.4) is 0 Å². The van der Waals surface area contributed by atoms with Crippen LogP contribution in [0.25, 0.3) is 0 Å². The normalized spacial score (nSPS) is 13.3. The van der Waals surface area contributed by atoms with Gasteiger partial charge in [-0.3, -0.25) is 4.21 Å². The Morgan fingerprint density at radius 2 is 1.95 bits per heavy atom. The van der Waals surface area contributed by atoms with E-state index in [9.17, 15) is 13.8 Å². The number of rotatable bonds is 6. The molecule has 0 aliphatic carbocycles. The third kappa shape index (κ3) is 5.52. The van der Waals surface area contributed by atoms with Gasteiger partial charge in [-0.1, -0.05) is 30.3 Å². The van der Waals surface area contributed by atoms with Crippen molar-refractivity contribution in [2.45, 2.75) is 6.04 Å². The van der Waals surface area contributed by atoms with E-state index in [1.165, 1.54) is 6.26 Å². The van der Waals surface area contributed by atoms with Crippen LogP contribution in [0.1, 0.15) is 11.6 Å². The Hall–Kier alpha value is -1.89. The second kappa shape index (κ2) is 7.52. The van der Waals surface area contributed by atoms with Gasteiger partial charge in [0.25, 0.3) is 0 Å². The van der Waals surface area contributed by atoms with Gasteiger partial charge in [-0.15, -0.1) is 0 Å². The van der Waals surface area contributed by atoms with Gasteiger partial charge in [0.1, 0.15) is 0 Å². The number of hydrogen-bond acceptors (Lipinski definition) is 3. The lowest BCUT2D eigenvalue weighted by atomic mass is 10.1. The molecule has 0 aromatic heterocycles. The van der Waals surface area contributed by atoms with Crippen LogP contribution in [0.4, 0.5) is 4.79 Å². The molecule has 2 amide bonds. The first-order valence-corrected chi connectivity index (χ1v) is 7.35. The van der Waals surface area contributed by atoms with Crippen molar-refractivity contribution in [1.82, 2.24) is 10.6 Å². The fourth-order valence-electron chi connectivity index (χ4n) is 1.42. The van der Waals surface area contributed by atoms with Crippen molar-refractivity contribution in [2.75, 3.05) is 18.6 Å². The second-order valence-corrected chi connectivity index (χ2v) is 5.41. The maximum absolute atomic E-state index is 11.5. The summed E-state index contributed by atoms with van der Waals surface area (Å²) in [6.07, 6.45) is 1.53. The van der Waals surface area contributed by atoms with Gasteiger partial charge in [-0.2, -0.15) is 0 Å². The fourth-order valence-corrected chi connectivity index (χ4v) is 1.81. The minimum atomic E-state index is -1.14. The van der Waals surface area contributed by atoms with E-state index in [4.69, 9.17) is 5.11 Å². The van der Waals surface area contributed by atoms with Gasteiger partial charge in [0, 0.05) is 29.4 Å². The molecule has 0 fully saturated rings. The molecule has 104 valence electrons. The van der Waals surface area contributed by atoms with E-state index >= 15 is 0 Å². The number of carboxylic acid groups (broad SMARTS) is 1. The summed E-state index contributed by atoms with van der Waals surface area (Å²) in [7, 11) is -0.998. The van der Waals surface area contributed by atoms with E-state index in [1.54, 1.807) is 30.3 Å². The van der Waals surface area contributed by atoms with Crippen molar-refractivity contribution in [3.8, 4) is 0 Å². The summed E-state index contributed by atoms with van der Waals surface area (Å²) in [6.45, 7) is 0.232. The van der Waals surface area contributed by atoms with Crippen LogP contribution < -0.4 is 10.6 Å². The Morgan fingerprint density at radius 1 is 1.32 bits per heavy atom. The predicted octanol–water partition coefficient (Wildman–Crippen LogP) is 0.490. The van der Waals surface area contributed by atoms with Gasteiger partial charge < -0.3 is 15.7 Å². The third-order valence-corrected chi connectivity index (χ3v) is 3.11. The van der Waals surface area contributed by atoms with Gasteiger partial charge in [-0.25, -0.2) is 9.59 Å². The zero-order chi connectivity index (χ0) is 14.3. The average Bonchev–Trinajstić information content (AvgIpc) is 2.36. The van der Waals surface area contributed by atoms with E-state index in [0.717, 1.165) is 0 Å². The van der Waals surface area contributed by atoms with Gasteiger partial charge >= 0.3 is 12.0 Å². The number of benzene rings is 1. The SMILES string of the molecule is CS(=O)CCNC(=O)N[C@@H](C(=O)O)c1ccccc1. The van der Waals surface area contributed by atoms with Crippen LogP contribution in [-0.2, 0) is 15.6 Å². The second-order valence-electron chi connectivity index (χ2n) is 3.86. The molecule has 1 rings (SSSR count). The summed E-state index contributed by atoms with van der Waals surface area (Å²) in [5, 5.41) is 13.9. The first-order chi connectivity index (χ1) is 9.00. The number of aliphatic carboxylic acids is 1. The lowest BCUT2D eigenvalue weighted by molar-refractivity contribution is -0.139. The van der Waals surface area contributed by atoms with Gasteiger partial charge in [-0.05, 0) is 5.56 Å². The molecule has 0 aliphatic heterocycles. The highest BCUT2D eigenvalue weighted by atomic mass is 32.2. The predicted molar refractivity (Wildman–Crippen MR) is 72.3 cm³/mol. The number of carbonyl (C=O) groups is 2. The summed E-state index contributed by atoms with van der Waals surface area (Å²) >= 11 is 0. The monoisotopic (exact) mass is 284 g/mol. The molecule has 0 heterocycles. The highest BCUT2D eigenvalue weighted by Gasteiger charge is 2.21. The van der Waals surface area contributed by atoms with Crippen LogP contribution in [0.15, 0.2) is 30.3 Å². The molecule has 0 spiro atoms. The molecule has 6 nitrogen and oxygen atoms in total. The first kappa shape index (κ1) is 15.2. The highest BCUT2D eigenvalue weighted by Crippen LogP contribution is 2.12. The molecule has 1 unspecified atom stereocenters. The standard InChI is InChI=1S/C12H16N2O4S/c1-19(18)8-7-13-12(17)14-10(11(15)16)9-5-3-2-4-6-9/h2-6,10H,7-8H2,1H3,(H,15,16)(H2,13,14,17)/t10-,19?/m1/s1. The molecule has 0 aliphatic rings. The minimum absolute atomic E-state index is 0.232. The Kier molecular flexibility index (Phi) is 6.01. The summed E-state index contributed by atoms with van der Waals surface area (Å²) in [5.41, 5.74) is 0.490. The topological polar surface area (TPSA) is 95.5 Å². The van der Waals surface area contributed by atoms with E-state index in [2.05, 4.69) is 10.6 Å². The third-order valence-electron chi connectivity index (χ3n) is 2.33. The van der Waals surface area contributed by atoms with Crippen LogP contribution in [0.2, 0.25) is 0 Å². The lowest BCUT2D eigenvalue weighted by Gasteiger charge is -2.15. The largest absolute Gasteiger partial charge is 0.479 e. The van der Waals surface area contributed by atoms with Crippen LogP contribution in [0, 0.1) is 0 Å². The number of urea groups is 1. The number of carbonyl (C=O) groups excluding carboxylic acids is 1. The van der Waals surface area contributed by atoms with Crippen molar-refractivity contribution >= 4 is 22.8 Å². The lowest BCUT2D eigenvalue weighted by Crippen LogP contribution is -2.42. The summed E-state index contributed by atoms with van der Waals surface area (Å²) in [6, 6.07) is 6.71. The van der Waals surface area contributed by atoms with E-state index in [0.29, 0.717) is 11.3 Å². The van der Waals surface area contributed by atoms with Gasteiger partial charge in [0.05, 0.1) is 0 Å². The van der Waals surface area contributed by atoms with Gasteiger partial charge in [0.2, 0.25) is 0 Å².